The largest absolute Gasteiger partial charge is 0.323 e. The van der Waals surface area contributed by atoms with E-state index >= 15 is 0 Å². The first-order chi connectivity index (χ1) is 8.66. The molecule has 94 valence electrons. The average Bonchev–Trinajstić information content (AvgIpc) is 2.37. The average molecular weight is 327 g/mol. The lowest BCUT2D eigenvalue weighted by molar-refractivity contribution is 0.622. The predicted octanol–water partition coefficient (Wildman–Crippen LogP) is 3.78. The standard InChI is InChI=1S/C13H12BrFN2S/c14-11-5-2-6-17-13(11)18-8-12(16)9-3-1-4-10(15)7-9/h1-7,12H,8,16H2. The van der Waals surface area contributed by atoms with Gasteiger partial charge in [-0.15, -0.1) is 11.8 Å². The minimum Gasteiger partial charge on any atom is -0.323 e. The van der Waals surface area contributed by atoms with Crippen LogP contribution in [-0.4, -0.2) is 10.7 Å². The quantitative estimate of drug-likeness (QED) is 0.869. The molecule has 0 amide bonds. The minimum absolute atomic E-state index is 0.209. The highest BCUT2D eigenvalue weighted by atomic mass is 79.9. The van der Waals surface area contributed by atoms with Gasteiger partial charge < -0.3 is 5.73 Å². The van der Waals surface area contributed by atoms with Gasteiger partial charge >= 0.3 is 0 Å². The second kappa shape index (κ2) is 6.31. The summed E-state index contributed by atoms with van der Waals surface area (Å²) in [4.78, 5) is 4.25. The number of aromatic nitrogens is 1. The van der Waals surface area contributed by atoms with Gasteiger partial charge in [-0.1, -0.05) is 12.1 Å². The van der Waals surface area contributed by atoms with Crippen LogP contribution in [0.5, 0.6) is 0 Å². The Morgan fingerprint density at radius 2 is 2.17 bits per heavy atom. The molecule has 0 saturated carbocycles. The summed E-state index contributed by atoms with van der Waals surface area (Å²) in [6, 6.07) is 9.98. The van der Waals surface area contributed by atoms with Crippen molar-refractivity contribution >= 4 is 27.7 Å². The maximum absolute atomic E-state index is 13.1. The van der Waals surface area contributed by atoms with Gasteiger partial charge in [0.25, 0.3) is 0 Å². The highest BCUT2D eigenvalue weighted by Crippen LogP contribution is 2.27. The van der Waals surface area contributed by atoms with Gasteiger partial charge in [-0.2, -0.15) is 0 Å². The lowest BCUT2D eigenvalue weighted by Crippen LogP contribution is -2.13. The number of hydrogen-bond acceptors (Lipinski definition) is 3. The van der Waals surface area contributed by atoms with E-state index in [2.05, 4.69) is 20.9 Å². The lowest BCUT2D eigenvalue weighted by Gasteiger charge is -2.11. The van der Waals surface area contributed by atoms with Crippen molar-refractivity contribution in [2.45, 2.75) is 11.1 Å². The zero-order valence-corrected chi connectivity index (χ0v) is 11.9. The van der Waals surface area contributed by atoms with Crippen LogP contribution in [0.2, 0.25) is 0 Å². The molecule has 1 unspecified atom stereocenters. The number of pyridine rings is 1. The van der Waals surface area contributed by atoms with Crippen LogP contribution in [0.1, 0.15) is 11.6 Å². The lowest BCUT2D eigenvalue weighted by atomic mass is 10.1. The third-order valence-electron chi connectivity index (χ3n) is 2.40. The Bertz CT molecular complexity index is 536. The molecule has 1 aromatic carbocycles. The smallest absolute Gasteiger partial charge is 0.123 e. The molecule has 5 heteroatoms. The van der Waals surface area contributed by atoms with Crippen LogP contribution in [-0.2, 0) is 0 Å². The van der Waals surface area contributed by atoms with Crippen LogP contribution in [0.3, 0.4) is 0 Å². The van der Waals surface area contributed by atoms with Crippen molar-refractivity contribution in [1.82, 2.24) is 4.98 Å². The summed E-state index contributed by atoms with van der Waals surface area (Å²) < 4.78 is 14.0. The third-order valence-corrected chi connectivity index (χ3v) is 4.43. The van der Waals surface area contributed by atoms with Crippen molar-refractivity contribution in [3.63, 3.8) is 0 Å². The van der Waals surface area contributed by atoms with Gasteiger partial charge in [-0.3, -0.25) is 0 Å². The molecule has 1 aromatic heterocycles. The van der Waals surface area contributed by atoms with Gasteiger partial charge in [0.05, 0.1) is 0 Å². The molecule has 0 saturated heterocycles. The van der Waals surface area contributed by atoms with Gasteiger partial charge in [-0.25, -0.2) is 9.37 Å². The molecule has 0 radical (unpaired) electrons. The van der Waals surface area contributed by atoms with E-state index in [4.69, 9.17) is 5.73 Å². The van der Waals surface area contributed by atoms with Gasteiger partial charge in [0.15, 0.2) is 0 Å². The molecule has 0 bridgehead atoms. The second-order valence-corrected chi connectivity index (χ2v) is 5.63. The van der Waals surface area contributed by atoms with Crippen LogP contribution in [0, 0.1) is 5.82 Å². The zero-order chi connectivity index (χ0) is 13.0. The van der Waals surface area contributed by atoms with E-state index in [1.807, 2.05) is 18.2 Å². The van der Waals surface area contributed by atoms with Crippen molar-refractivity contribution < 1.29 is 4.39 Å². The molecule has 2 nitrogen and oxygen atoms in total. The van der Waals surface area contributed by atoms with Gasteiger partial charge in [0, 0.05) is 22.5 Å². The monoisotopic (exact) mass is 326 g/mol. The summed E-state index contributed by atoms with van der Waals surface area (Å²) in [7, 11) is 0. The number of thioether (sulfide) groups is 1. The molecule has 0 aliphatic rings. The normalized spacial score (nSPS) is 12.4. The molecular weight excluding hydrogens is 315 g/mol. The summed E-state index contributed by atoms with van der Waals surface area (Å²) in [6.45, 7) is 0. The third kappa shape index (κ3) is 3.54. The first-order valence-corrected chi connectivity index (χ1v) is 7.19. The Hall–Kier alpha value is -0.910. The van der Waals surface area contributed by atoms with E-state index in [1.54, 1.807) is 24.0 Å². The number of benzene rings is 1. The summed E-state index contributed by atoms with van der Waals surface area (Å²) in [6.07, 6.45) is 1.74. The molecular formula is C13H12BrFN2S. The molecule has 2 aromatic rings. The summed E-state index contributed by atoms with van der Waals surface area (Å²) in [5, 5.41) is 0.893. The number of rotatable bonds is 4. The Balaban J connectivity index is 2.00. The van der Waals surface area contributed by atoms with E-state index < -0.39 is 0 Å². The van der Waals surface area contributed by atoms with E-state index in [-0.39, 0.29) is 11.9 Å². The molecule has 2 N–H and O–H groups in total. The van der Waals surface area contributed by atoms with E-state index in [0.717, 1.165) is 15.1 Å². The predicted molar refractivity (Wildman–Crippen MR) is 76.0 cm³/mol. The second-order valence-electron chi connectivity index (χ2n) is 3.76. The molecule has 2 rings (SSSR count). The fourth-order valence-corrected chi connectivity index (χ4v) is 2.95. The Labute approximate surface area is 118 Å². The van der Waals surface area contributed by atoms with Crippen molar-refractivity contribution in [2.75, 3.05) is 5.75 Å². The topological polar surface area (TPSA) is 38.9 Å². The first kappa shape index (κ1) is 13.5. The van der Waals surface area contributed by atoms with Crippen molar-refractivity contribution in [1.29, 1.82) is 0 Å². The molecule has 0 fully saturated rings. The number of nitrogens with two attached hydrogens (primary N) is 1. The van der Waals surface area contributed by atoms with Gasteiger partial charge in [0.2, 0.25) is 0 Å². The zero-order valence-electron chi connectivity index (χ0n) is 9.51. The maximum Gasteiger partial charge on any atom is 0.123 e. The van der Waals surface area contributed by atoms with Crippen LogP contribution >= 0.6 is 27.7 Å². The van der Waals surface area contributed by atoms with Gasteiger partial charge in [0.1, 0.15) is 10.8 Å². The summed E-state index contributed by atoms with van der Waals surface area (Å²) >= 11 is 4.98. The number of nitrogens with zero attached hydrogens (tertiary/aromatic N) is 1. The Kier molecular flexibility index (Phi) is 4.74. The summed E-state index contributed by atoms with van der Waals surface area (Å²) in [5.74, 6) is 0.394. The van der Waals surface area contributed by atoms with Crippen LogP contribution in [0.15, 0.2) is 52.1 Å². The number of halogens is 2. The van der Waals surface area contributed by atoms with Crippen LogP contribution in [0.25, 0.3) is 0 Å². The summed E-state index contributed by atoms with van der Waals surface area (Å²) in [5.41, 5.74) is 6.83. The van der Waals surface area contributed by atoms with E-state index in [9.17, 15) is 4.39 Å². The highest BCUT2D eigenvalue weighted by Gasteiger charge is 2.09. The molecule has 0 aliphatic carbocycles. The van der Waals surface area contributed by atoms with E-state index in [1.165, 1.54) is 12.1 Å². The van der Waals surface area contributed by atoms with Crippen LogP contribution < -0.4 is 5.73 Å². The first-order valence-electron chi connectivity index (χ1n) is 5.41. The maximum atomic E-state index is 13.1. The van der Waals surface area contributed by atoms with Gasteiger partial charge in [-0.05, 0) is 45.8 Å². The van der Waals surface area contributed by atoms with Crippen molar-refractivity contribution in [3.8, 4) is 0 Å². The Morgan fingerprint density at radius 1 is 1.33 bits per heavy atom. The molecule has 1 heterocycles. The molecule has 1 atom stereocenters. The van der Waals surface area contributed by atoms with Crippen LogP contribution in [0.4, 0.5) is 4.39 Å². The van der Waals surface area contributed by atoms with Crippen molar-refractivity contribution in [2.24, 2.45) is 5.73 Å². The Morgan fingerprint density at radius 3 is 2.89 bits per heavy atom. The number of hydrogen-bond donors (Lipinski definition) is 1. The van der Waals surface area contributed by atoms with Crippen molar-refractivity contribution in [3.05, 3.63) is 58.4 Å². The minimum atomic E-state index is -0.257. The fraction of sp³-hybridized carbons (Fsp3) is 0.154. The SMILES string of the molecule is NC(CSc1ncccc1Br)c1cccc(F)c1. The fourth-order valence-electron chi connectivity index (χ4n) is 1.48. The molecule has 0 aliphatic heterocycles. The van der Waals surface area contributed by atoms with E-state index in [0.29, 0.717) is 5.75 Å². The molecule has 18 heavy (non-hydrogen) atoms. The molecule has 0 spiro atoms. The highest BCUT2D eigenvalue weighted by molar-refractivity contribution is 9.10.